The molecule has 4 unspecified atom stereocenters. The Morgan fingerprint density at radius 3 is 2.88 bits per heavy atom. The van der Waals surface area contributed by atoms with E-state index in [1.165, 1.54) is 10.9 Å². The van der Waals surface area contributed by atoms with E-state index in [4.69, 9.17) is 4.74 Å². The van der Waals surface area contributed by atoms with Gasteiger partial charge in [-0.2, -0.15) is 0 Å². The molecule has 6 heteroatoms. The molecule has 3 aliphatic rings. The third-order valence-corrected chi connectivity index (χ3v) is 7.13. The highest BCUT2D eigenvalue weighted by atomic mass is 16.5. The van der Waals surface area contributed by atoms with Gasteiger partial charge in [-0.3, -0.25) is 9.59 Å². The number of benzene rings is 2. The summed E-state index contributed by atoms with van der Waals surface area (Å²) in [5.74, 6) is -1.11. The average Bonchev–Trinajstić information content (AvgIpc) is 3.54. The predicted octanol–water partition coefficient (Wildman–Crippen LogP) is 3.44. The first-order valence-corrected chi connectivity index (χ1v) is 11.1. The number of aryl methyl sites for hydroxylation is 1. The van der Waals surface area contributed by atoms with Crippen LogP contribution in [0.4, 0.5) is 5.69 Å². The fourth-order valence-electron chi connectivity index (χ4n) is 5.52. The second-order valence-corrected chi connectivity index (χ2v) is 9.12. The summed E-state index contributed by atoms with van der Waals surface area (Å²) < 4.78 is 6.24. The molecule has 2 bridgehead atoms. The zero-order valence-corrected chi connectivity index (χ0v) is 17.9. The lowest BCUT2D eigenvalue weighted by atomic mass is 9.77. The number of H-pyrrole nitrogens is 1. The molecule has 2 fully saturated rings. The summed E-state index contributed by atoms with van der Waals surface area (Å²) in [6.45, 7) is 3.11. The third kappa shape index (κ3) is 2.90. The summed E-state index contributed by atoms with van der Waals surface area (Å²) in [7, 11) is 0. The van der Waals surface area contributed by atoms with Crippen LogP contribution in [0, 0.1) is 18.8 Å². The Kier molecular flexibility index (Phi) is 4.27. The Balaban J connectivity index is 1.20. The second kappa shape index (κ2) is 7.07. The quantitative estimate of drug-likeness (QED) is 0.613. The van der Waals surface area contributed by atoms with Gasteiger partial charge < -0.3 is 19.9 Å². The molecule has 4 atom stereocenters. The van der Waals surface area contributed by atoms with E-state index in [9.17, 15) is 9.59 Å². The van der Waals surface area contributed by atoms with Crippen molar-refractivity contribution in [3.63, 3.8) is 0 Å². The molecule has 2 N–H and O–H groups in total. The lowest BCUT2D eigenvalue weighted by Gasteiger charge is -2.23. The van der Waals surface area contributed by atoms with E-state index >= 15 is 0 Å². The maximum absolute atomic E-state index is 13.4. The molecule has 2 aromatic carbocycles. The van der Waals surface area contributed by atoms with Gasteiger partial charge in [-0.15, -0.1) is 0 Å². The number of rotatable bonds is 5. The Hall–Kier alpha value is -3.38. The van der Waals surface area contributed by atoms with Gasteiger partial charge in [-0.05, 0) is 37.1 Å². The van der Waals surface area contributed by atoms with E-state index < -0.39 is 17.4 Å². The zero-order chi connectivity index (χ0) is 21.9. The van der Waals surface area contributed by atoms with Crippen molar-refractivity contribution in [2.45, 2.75) is 25.0 Å². The Morgan fingerprint density at radius 1 is 1.22 bits per heavy atom. The van der Waals surface area contributed by atoms with Crippen LogP contribution >= 0.6 is 0 Å². The van der Waals surface area contributed by atoms with Gasteiger partial charge in [0.2, 0.25) is 11.8 Å². The lowest BCUT2D eigenvalue weighted by Crippen LogP contribution is -2.41. The SMILES string of the molecule is Cc1ccc(NC(=O)C2C3C=CC4(CN(CCc5c[nH]c6ccccc56)C(=O)C24)O3)cc1. The lowest BCUT2D eigenvalue weighted by molar-refractivity contribution is -0.135. The Bertz CT molecular complexity index is 1240. The van der Waals surface area contributed by atoms with Crippen molar-refractivity contribution in [1.29, 1.82) is 0 Å². The van der Waals surface area contributed by atoms with Crippen molar-refractivity contribution in [3.05, 3.63) is 78.0 Å². The van der Waals surface area contributed by atoms with E-state index in [1.54, 1.807) is 0 Å². The van der Waals surface area contributed by atoms with Crippen LogP contribution in [-0.2, 0) is 20.7 Å². The van der Waals surface area contributed by atoms with Crippen LogP contribution in [0.25, 0.3) is 10.9 Å². The van der Waals surface area contributed by atoms with Crippen molar-refractivity contribution in [2.24, 2.45) is 11.8 Å². The van der Waals surface area contributed by atoms with Crippen molar-refractivity contribution < 1.29 is 14.3 Å². The number of carbonyl (C=O) groups is 2. The molecule has 1 spiro atoms. The molecule has 6 rings (SSSR count). The summed E-state index contributed by atoms with van der Waals surface area (Å²) in [4.78, 5) is 31.8. The standard InChI is InChI=1S/C26H25N3O3/c1-16-6-8-18(9-7-16)28-24(30)22-21-10-12-26(32-21)15-29(25(31)23(22)26)13-11-17-14-27-20-5-3-2-4-19(17)20/h2-10,12,14,21-23,27H,11,13,15H2,1H3,(H,28,30). The van der Waals surface area contributed by atoms with Gasteiger partial charge in [0.1, 0.15) is 5.60 Å². The number of nitrogens with one attached hydrogen (secondary N) is 2. The molecule has 0 saturated carbocycles. The number of fused-ring (bicyclic) bond motifs is 2. The first-order valence-electron chi connectivity index (χ1n) is 11.1. The number of aromatic amines is 1. The van der Waals surface area contributed by atoms with E-state index in [1.807, 2.05) is 66.6 Å². The monoisotopic (exact) mass is 427 g/mol. The van der Waals surface area contributed by atoms with Crippen molar-refractivity contribution in [2.75, 3.05) is 18.4 Å². The largest absolute Gasteiger partial charge is 0.361 e. The summed E-state index contributed by atoms with van der Waals surface area (Å²) >= 11 is 0. The summed E-state index contributed by atoms with van der Waals surface area (Å²) in [6.07, 6.45) is 6.38. The minimum absolute atomic E-state index is 0.0146. The van der Waals surface area contributed by atoms with Gasteiger partial charge in [0.25, 0.3) is 0 Å². The number of para-hydroxylation sites is 1. The molecular weight excluding hydrogens is 402 g/mol. The number of hydrogen-bond acceptors (Lipinski definition) is 3. The molecule has 3 aromatic rings. The van der Waals surface area contributed by atoms with Gasteiger partial charge in [-0.25, -0.2) is 0 Å². The maximum atomic E-state index is 13.4. The minimum atomic E-state index is -0.683. The fourth-order valence-corrected chi connectivity index (χ4v) is 5.52. The predicted molar refractivity (Wildman–Crippen MR) is 122 cm³/mol. The molecule has 4 heterocycles. The molecule has 3 aliphatic heterocycles. The van der Waals surface area contributed by atoms with E-state index in [-0.39, 0.29) is 17.9 Å². The van der Waals surface area contributed by atoms with Crippen LogP contribution in [0.5, 0.6) is 0 Å². The molecular formula is C26H25N3O3. The van der Waals surface area contributed by atoms with Crippen molar-refractivity contribution in [1.82, 2.24) is 9.88 Å². The molecule has 32 heavy (non-hydrogen) atoms. The number of anilines is 1. The van der Waals surface area contributed by atoms with Crippen LogP contribution in [0.15, 0.2) is 66.9 Å². The van der Waals surface area contributed by atoms with Crippen molar-refractivity contribution >= 4 is 28.4 Å². The highest BCUT2D eigenvalue weighted by molar-refractivity contribution is 5.99. The smallest absolute Gasteiger partial charge is 0.231 e. The van der Waals surface area contributed by atoms with Gasteiger partial charge in [0, 0.05) is 29.3 Å². The molecule has 2 saturated heterocycles. The number of ether oxygens (including phenoxy) is 1. The van der Waals surface area contributed by atoms with Gasteiger partial charge in [0.15, 0.2) is 0 Å². The van der Waals surface area contributed by atoms with Crippen molar-refractivity contribution in [3.8, 4) is 0 Å². The molecule has 162 valence electrons. The highest BCUT2D eigenvalue weighted by Crippen LogP contribution is 2.52. The molecule has 1 aromatic heterocycles. The second-order valence-electron chi connectivity index (χ2n) is 9.12. The topological polar surface area (TPSA) is 74.4 Å². The normalized spacial score (nSPS) is 28.0. The average molecular weight is 428 g/mol. The Labute approximate surface area is 186 Å². The minimum Gasteiger partial charge on any atom is -0.361 e. The van der Waals surface area contributed by atoms with Crippen LogP contribution in [-0.4, -0.2) is 46.5 Å². The first kappa shape index (κ1) is 19.3. The summed E-state index contributed by atoms with van der Waals surface area (Å²) in [6, 6.07) is 15.9. The third-order valence-electron chi connectivity index (χ3n) is 7.13. The zero-order valence-electron chi connectivity index (χ0n) is 17.9. The number of hydrogen-bond donors (Lipinski definition) is 2. The fraction of sp³-hybridized carbons (Fsp3) is 0.308. The number of aromatic nitrogens is 1. The number of carbonyl (C=O) groups excluding carboxylic acids is 2. The molecule has 0 aliphatic carbocycles. The summed E-state index contributed by atoms with van der Waals surface area (Å²) in [5, 5.41) is 4.17. The number of likely N-dealkylation sites (tertiary alicyclic amines) is 1. The number of nitrogens with zero attached hydrogens (tertiary/aromatic N) is 1. The van der Waals surface area contributed by atoms with Crippen LogP contribution in [0.1, 0.15) is 11.1 Å². The van der Waals surface area contributed by atoms with Crippen LogP contribution < -0.4 is 5.32 Å². The number of amides is 2. The Morgan fingerprint density at radius 2 is 2.03 bits per heavy atom. The molecule has 2 amide bonds. The maximum Gasteiger partial charge on any atom is 0.231 e. The molecule has 6 nitrogen and oxygen atoms in total. The van der Waals surface area contributed by atoms with Gasteiger partial charge >= 0.3 is 0 Å². The van der Waals surface area contributed by atoms with Crippen LogP contribution in [0.2, 0.25) is 0 Å². The van der Waals surface area contributed by atoms with E-state index in [2.05, 4.69) is 22.4 Å². The summed E-state index contributed by atoms with van der Waals surface area (Å²) in [5.41, 5.74) is 3.48. The van der Waals surface area contributed by atoms with Crippen LogP contribution in [0.3, 0.4) is 0 Å². The van der Waals surface area contributed by atoms with Gasteiger partial charge in [0.05, 0.1) is 24.5 Å². The molecule has 0 radical (unpaired) electrons. The van der Waals surface area contributed by atoms with E-state index in [0.29, 0.717) is 13.1 Å². The highest BCUT2D eigenvalue weighted by Gasteiger charge is 2.66. The first-order chi connectivity index (χ1) is 15.5. The van der Waals surface area contributed by atoms with E-state index in [0.717, 1.165) is 23.2 Å². The van der Waals surface area contributed by atoms with Gasteiger partial charge in [-0.1, -0.05) is 48.0 Å².